The first kappa shape index (κ1) is 11.9. The highest BCUT2D eigenvalue weighted by Gasteiger charge is 2.40. The number of aliphatic hydroxyl groups is 3. The molecule has 1 fully saturated rings. The van der Waals surface area contributed by atoms with Gasteiger partial charge in [0, 0.05) is 0 Å². The van der Waals surface area contributed by atoms with Gasteiger partial charge in [0.05, 0.1) is 12.7 Å². The average molecular weight is 204 g/mol. The van der Waals surface area contributed by atoms with E-state index in [1.807, 2.05) is 13.8 Å². The average Bonchev–Trinajstić information content (AvgIpc) is 2.19. The van der Waals surface area contributed by atoms with Crippen molar-refractivity contribution in [2.45, 2.75) is 51.1 Å². The van der Waals surface area contributed by atoms with Gasteiger partial charge >= 0.3 is 0 Å². The summed E-state index contributed by atoms with van der Waals surface area (Å²) >= 11 is 0. The molecule has 0 aromatic carbocycles. The van der Waals surface area contributed by atoms with Crippen molar-refractivity contribution in [3.63, 3.8) is 0 Å². The lowest BCUT2D eigenvalue weighted by molar-refractivity contribution is -0.201. The Morgan fingerprint density at radius 1 is 1.14 bits per heavy atom. The molecule has 0 saturated carbocycles. The monoisotopic (exact) mass is 204 g/mol. The zero-order valence-electron chi connectivity index (χ0n) is 8.76. The molecule has 0 aromatic heterocycles. The van der Waals surface area contributed by atoms with Crippen LogP contribution in [0.2, 0.25) is 0 Å². The molecule has 0 spiro atoms. The second kappa shape index (κ2) is 5.07. The third kappa shape index (κ3) is 2.25. The van der Waals surface area contributed by atoms with Crippen molar-refractivity contribution in [1.29, 1.82) is 0 Å². The van der Waals surface area contributed by atoms with E-state index in [2.05, 4.69) is 0 Å². The maximum absolute atomic E-state index is 9.71. The van der Waals surface area contributed by atoms with E-state index in [1.54, 1.807) is 0 Å². The molecule has 1 aliphatic heterocycles. The first-order chi connectivity index (χ1) is 6.61. The molecule has 1 rings (SSSR count). The van der Waals surface area contributed by atoms with Crippen molar-refractivity contribution < 1.29 is 20.1 Å². The van der Waals surface area contributed by atoms with E-state index in [9.17, 15) is 15.3 Å². The Morgan fingerprint density at radius 3 is 2.21 bits per heavy atom. The van der Waals surface area contributed by atoms with Gasteiger partial charge in [0.2, 0.25) is 0 Å². The number of ether oxygens (including phenoxy) is 1. The smallest absolute Gasteiger partial charge is 0.111 e. The molecule has 0 aromatic rings. The van der Waals surface area contributed by atoms with Crippen LogP contribution in [-0.2, 0) is 4.74 Å². The zero-order valence-corrected chi connectivity index (χ0v) is 8.76. The number of hydrogen-bond donors (Lipinski definition) is 3. The van der Waals surface area contributed by atoms with Crippen molar-refractivity contribution in [2.24, 2.45) is 5.92 Å². The van der Waals surface area contributed by atoms with E-state index in [0.717, 1.165) is 12.8 Å². The maximum atomic E-state index is 9.71. The summed E-state index contributed by atoms with van der Waals surface area (Å²) in [4.78, 5) is 0. The predicted octanol–water partition coefficient (Wildman–Crippen LogP) is -0.0959. The summed E-state index contributed by atoms with van der Waals surface area (Å²) in [5, 5.41) is 28.4. The van der Waals surface area contributed by atoms with Crippen molar-refractivity contribution >= 4 is 0 Å². The topological polar surface area (TPSA) is 69.9 Å². The molecule has 1 aliphatic rings. The molecule has 4 heteroatoms. The predicted molar refractivity (Wildman–Crippen MR) is 51.8 cm³/mol. The third-order valence-electron chi connectivity index (χ3n) is 3.05. The summed E-state index contributed by atoms with van der Waals surface area (Å²) in [6, 6.07) is 0. The minimum absolute atomic E-state index is 0.111. The Balaban J connectivity index is 2.62. The summed E-state index contributed by atoms with van der Waals surface area (Å²) in [5.74, 6) is 0.243. The van der Waals surface area contributed by atoms with Gasteiger partial charge in [-0.25, -0.2) is 0 Å². The standard InChI is InChI=1S/C10H20O4/c1-3-6(4-2)10-9(13)8(12)7(11)5-14-10/h6-13H,3-5H2,1-2H3/t7-,8+,9-,10+/m1/s1. The van der Waals surface area contributed by atoms with Crippen LogP contribution in [0.3, 0.4) is 0 Å². The molecule has 4 nitrogen and oxygen atoms in total. The van der Waals surface area contributed by atoms with Crippen LogP contribution < -0.4 is 0 Å². The molecule has 1 saturated heterocycles. The van der Waals surface area contributed by atoms with Gasteiger partial charge in [0.15, 0.2) is 0 Å². The maximum Gasteiger partial charge on any atom is 0.111 e. The van der Waals surface area contributed by atoms with Crippen molar-refractivity contribution in [3.05, 3.63) is 0 Å². The molecule has 0 unspecified atom stereocenters. The Kier molecular flexibility index (Phi) is 4.31. The van der Waals surface area contributed by atoms with E-state index < -0.39 is 18.3 Å². The van der Waals surface area contributed by atoms with E-state index in [1.165, 1.54) is 0 Å². The minimum atomic E-state index is -1.07. The molecule has 0 aliphatic carbocycles. The van der Waals surface area contributed by atoms with E-state index in [4.69, 9.17) is 4.74 Å². The second-order valence-electron chi connectivity index (χ2n) is 3.92. The first-order valence-electron chi connectivity index (χ1n) is 5.27. The second-order valence-corrected chi connectivity index (χ2v) is 3.92. The summed E-state index contributed by atoms with van der Waals surface area (Å²) in [6.07, 6.45) is -1.54. The van der Waals surface area contributed by atoms with Crippen molar-refractivity contribution in [1.82, 2.24) is 0 Å². The molecular formula is C10H20O4. The van der Waals surface area contributed by atoms with Crippen LogP contribution in [-0.4, -0.2) is 46.3 Å². The van der Waals surface area contributed by atoms with Crippen LogP contribution in [0.25, 0.3) is 0 Å². The zero-order chi connectivity index (χ0) is 10.7. The van der Waals surface area contributed by atoms with Gasteiger partial charge in [-0.3, -0.25) is 0 Å². The number of aliphatic hydroxyl groups excluding tert-OH is 3. The van der Waals surface area contributed by atoms with Gasteiger partial charge in [-0.2, -0.15) is 0 Å². The Labute approximate surface area is 84.5 Å². The van der Waals surface area contributed by atoms with Crippen molar-refractivity contribution in [2.75, 3.05) is 6.61 Å². The van der Waals surface area contributed by atoms with Gasteiger partial charge < -0.3 is 20.1 Å². The SMILES string of the molecule is CCC(CC)[C@@H]1OC[C@@H](O)[C@H](O)[C@H]1O. The van der Waals surface area contributed by atoms with Crippen LogP contribution in [0.15, 0.2) is 0 Å². The fraction of sp³-hybridized carbons (Fsp3) is 1.00. The molecule has 14 heavy (non-hydrogen) atoms. The highest BCUT2D eigenvalue weighted by atomic mass is 16.5. The molecule has 4 atom stereocenters. The van der Waals surface area contributed by atoms with Crippen LogP contribution >= 0.6 is 0 Å². The molecule has 0 amide bonds. The van der Waals surface area contributed by atoms with Gasteiger partial charge in [-0.1, -0.05) is 26.7 Å². The van der Waals surface area contributed by atoms with Crippen LogP contribution in [0.5, 0.6) is 0 Å². The molecular weight excluding hydrogens is 184 g/mol. The van der Waals surface area contributed by atoms with Gasteiger partial charge in [-0.05, 0) is 5.92 Å². The first-order valence-corrected chi connectivity index (χ1v) is 5.27. The highest BCUT2D eigenvalue weighted by molar-refractivity contribution is 4.89. The summed E-state index contributed by atoms with van der Waals surface area (Å²) < 4.78 is 5.36. The fourth-order valence-electron chi connectivity index (χ4n) is 2.00. The third-order valence-corrected chi connectivity index (χ3v) is 3.05. The summed E-state index contributed by atoms with van der Waals surface area (Å²) in [6.45, 7) is 4.17. The molecule has 0 bridgehead atoms. The van der Waals surface area contributed by atoms with E-state index in [0.29, 0.717) is 0 Å². The largest absolute Gasteiger partial charge is 0.388 e. The Morgan fingerprint density at radius 2 is 1.71 bits per heavy atom. The Bertz CT molecular complexity index is 170. The highest BCUT2D eigenvalue weighted by Crippen LogP contribution is 2.25. The lowest BCUT2D eigenvalue weighted by Gasteiger charge is -2.38. The van der Waals surface area contributed by atoms with Crippen LogP contribution in [0, 0.1) is 5.92 Å². The van der Waals surface area contributed by atoms with E-state index in [-0.39, 0.29) is 18.6 Å². The molecule has 84 valence electrons. The van der Waals surface area contributed by atoms with Gasteiger partial charge in [0.1, 0.15) is 18.3 Å². The normalized spacial score (nSPS) is 39.0. The summed E-state index contributed by atoms with van der Waals surface area (Å²) in [5.41, 5.74) is 0. The summed E-state index contributed by atoms with van der Waals surface area (Å²) in [7, 11) is 0. The number of rotatable bonds is 3. The quantitative estimate of drug-likeness (QED) is 0.600. The minimum Gasteiger partial charge on any atom is -0.388 e. The van der Waals surface area contributed by atoms with Crippen LogP contribution in [0.1, 0.15) is 26.7 Å². The van der Waals surface area contributed by atoms with Gasteiger partial charge in [0.25, 0.3) is 0 Å². The Hall–Kier alpha value is -0.160. The molecule has 0 radical (unpaired) electrons. The number of hydrogen-bond acceptors (Lipinski definition) is 4. The van der Waals surface area contributed by atoms with Crippen LogP contribution in [0.4, 0.5) is 0 Å². The fourth-order valence-corrected chi connectivity index (χ4v) is 2.00. The lowest BCUT2D eigenvalue weighted by atomic mass is 9.87. The van der Waals surface area contributed by atoms with Crippen molar-refractivity contribution in [3.8, 4) is 0 Å². The van der Waals surface area contributed by atoms with Gasteiger partial charge in [-0.15, -0.1) is 0 Å². The molecule has 3 N–H and O–H groups in total. The lowest BCUT2D eigenvalue weighted by Crippen LogP contribution is -2.55. The van der Waals surface area contributed by atoms with E-state index >= 15 is 0 Å². The molecule has 1 heterocycles.